The Hall–Kier alpha value is -4.48. The highest BCUT2D eigenvalue weighted by Crippen LogP contribution is 2.32. The van der Waals surface area contributed by atoms with Crippen molar-refractivity contribution in [3.8, 4) is 11.1 Å². The molecule has 0 fully saturated rings. The summed E-state index contributed by atoms with van der Waals surface area (Å²) in [4.78, 5) is 25.1. The van der Waals surface area contributed by atoms with Crippen molar-refractivity contribution in [2.45, 2.75) is 13.0 Å². The fourth-order valence-electron chi connectivity index (χ4n) is 4.54. The van der Waals surface area contributed by atoms with Gasteiger partial charge in [-0.25, -0.2) is 9.86 Å². The summed E-state index contributed by atoms with van der Waals surface area (Å²) < 4.78 is 0. The minimum absolute atomic E-state index is 0.0899. The molecule has 5 heteroatoms. The van der Waals surface area contributed by atoms with Crippen LogP contribution in [0, 0.1) is 0 Å². The van der Waals surface area contributed by atoms with E-state index < -0.39 is 17.9 Å². The maximum atomic E-state index is 13.4. The normalized spacial score (nSPS) is 11.9. The highest BCUT2D eigenvalue weighted by Gasteiger charge is 2.25. The molecule has 1 amide bonds. The van der Waals surface area contributed by atoms with Crippen molar-refractivity contribution in [1.82, 2.24) is 5.06 Å². The van der Waals surface area contributed by atoms with Gasteiger partial charge in [-0.3, -0.25) is 10.0 Å². The topological polar surface area (TPSA) is 77.8 Å². The van der Waals surface area contributed by atoms with Crippen LogP contribution in [0.1, 0.15) is 39.2 Å². The molecule has 0 aliphatic rings. The lowest BCUT2D eigenvalue weighted by Gasteiger charge is -2.24. The smallest absolute Gasteiger partial charge is 0.336 e. The Morgan fingerprint density at radius 3 is 2.00 bits per heavy atom. The van der Waals surface area contributed by atoms with Gasteiger partial charge < -0.3 is 5.11 Å². The molecule has 0 radical (unpaired) electrons. The molecule has 35 heavy (non-hydrogen) atoms. The van der Waals surface area contributed by atoms with E-state index in [9.17, 15) is 19.9 Å². The molecule has 2 N–H and O–H groups in total. The molecule has 0 saturated carbocycles. The summed E-state index contributed by atoms with van der Waals surface area (Å²) in [5.74, 6) is -1.69. The van der Waals surface area contributed by atoms with Crippen LogP contribution in [0.15, 0.2) is 103 Å². The van der Waals surface area contributed by atoms with Crippen LogP contribution in [0.25, 0.3) is 32.7 Å². The minimum atomic E-state index is -1.08. The molecule has 1 unspecified atom stereocenters. The van der Waals surface area contributed by atoms with Crippen molar-refractivity contribution in [2.24, 2.45) is 0 Å². The summed E-state index contributed by atoms with van der Waals surface area (Å²) in [6.45, 7) is 1.76. The first kappa shape index (κ1) is 22.3. The highest BCUT2D eigenvalue weighted by molar-refractivity contribution is 6.08. The molecule has 5 aromatic rings. The number of carboxylic acids is 1. The molecule has 5 aromatic carbocycles. The SMILES string of the molecule is CC(c1ccc2c(ccc3ccccc32)c1)N(O)C(=O)c1ccccc1-c1ccccc1C(=O)O. The highest BCUT2D eigenvalue weighted by atomic mass is 16.5. The van der Waals surface area contributed by atoms with Gasteiger partial charge in [0.05, 0.1) is 11.6 Å². The Kier molecular flexibility index (Phi) is 5.77. The number of amides is 1. The maximum absolute atomic E-state index is 13.4. The number of benzene rings is 5. The van der Waals surface area contributed by atoms with E-state index in [1.807, 2.05) is 36.4 Å². The second-order valence-corrected chi connectivity index (χ2v) is 8.49. The van der Waals surface area contributed by atoms with Crippen LogP contribution in [-0.2, 0) is 0 Å². The van der Waals surface area contributed by atoms with Crippen LogP contribution >= 0.6 is 0 Å². The number of hydrogen-bond donors (Lipinski definition) is 2. The van der Waals surface area contributed by atoms with Crippen molar-refractivity contribution < 1.29 is 19.9 Å². The number of hydroxylamine groups is 2. The van der Waals surface area contributed by atoms with E-state index in [0.29, 0.717) is 16.2 Å². The third-order valence-corrected chi connectivity index (χ3v) is 6.43. The van der Waals surface area contributed by atoms with Gasteiger partial charge in [0.15, 0.2) is 0 Å². The third kappa shape index (κ3) is 4.03. The van der Waals surface area contributed by atoms with Crippen LogP contribution in [0.3, 0.4) is 0 Å². The Morgan fingerprint density at radius 2 is 1.26 bits per heavy atom. The predicted molar refractivity (Wildman–Crippen MR) is 137 cm³/mol. The van der Waals surface area contributed by atoms with Crippen molar-refractivity contribution in [3.05, 3.63) is 120 Å². The van der Waals surface area contributed by atoms with E-state index in [4.69, 9.17) is 0 Å². The van der Waals surface area contributed by atoms with Gasteiger partial charge in [-0.15, -0.1) is 0 Å². The molecule has 0 heterocycles. The first-order chi connectivity index (χ1) is 17.0. The largest absolute Gasteiger partial charge is 0.478 e. The van der Waals surface area contributed by atoms with Crippen LogP contribution in [0.4, 0.5) is 0 Å². The molecule has 172 valence electrons. The average molecular weight is 462 g/mol. The standard InChI is InChI=1S/C30H23NO4/c1-19(21-16-17-24-22(18-21)15-14-20-8-2-3-9-23(20)24)31(35)29(32)27-12-6-4-10-25(27)26-11-5-7-13-28(26)30(33)34/h2-19,35H,1H3,(H,33,34). The lowest BCUT2D eigenvalue weighted by atomic mass is 9.94. The molecule has 0 spiro atoms. The van der Waals surface area contributed by atoms with Gasteiger partial charge in [-0.2, -0.15) is 0 Å². The third-order valence-electron chi connectivity index (χ3n) is 6.43. The van der Waals surface area contributed by atoms with E-state index in [1.165, 1.54) is 6.07 Å². The fourth-order valence-corrected chi connectivity index (χ4v) is 4.54. The zero-order valence-electron chi connectivity index (χ0n) is 19.1. The summed E-state index contributed by atoms with van der Waals surface area (Å²) in [5, 5.41) is 25.7. The Bertz CT molecular complexity index is 1590. The Balaban J connectivity index is 1.50. The molecule has 0 aromatic heterocycles. The molecular weight excluding hydrogens is 438 g/mol. The number of hydrogen-bond acceptors (Lipinski definition) is 3. The summed E-state index contributed by atoms with van der Waals surface area (Å²) in [6, 6.07) is 30.8. The molecule has 0 saturated heterocycles. The molecule has 5 rings (SSSR count). The zero-order chi connectivity index (χ0) is 24.5. The predicted octanol–water partition coefficient (Wildman–Crippen LogP) is 6.95. The van der Waals surface area contributed by atoms with E-state index in [-0.39, 0.29) is 11.1 Å². The van der Waals surface area contributed by atoms with Gasteiger partial charge in [0.1, 0.15) is 0 Å². The molecule has 5 nitrogen and oxygen atoms in total. The maximum Gasteiger partial charge on any atom is 0.336 e. The fraction of sp³-hybridized carbons (Fsp3) is 0.0667. The van der Waals surface area contributed by atoms with E-state index in [2.05, 4.69) is 18.2 Å². The average Bonchev–Trinajstić information content (AvgIpc) is 2.91. The summed E-state index contributed by atoms with van der Waals surface area (Å²) in [5.41, 5.74) is 1.97. The lowest BCUT2D eigenvalue weighted by Crippen LogP contribution is -2.30. The van der Waals surface area contributed by atoms with Crippen molar-refractivity contribution >= 4 is 33.4 Å². The number of carboxylic acid groups (broad SMARTS) is 1. The van der Waals surface area contributed by atoms with Crippen LogP contribution in [-0.4, -0.2) is 27.3 Å². The Morgan fingerprint density at radius 1 is 0.686 bits per heavy atom. The molecular formula is C30H23NO4. The number of nitrogens with zero attached hydrogens (tertiary/aromatic N) is 1. The monoisotopic (exact) mass is 461 g/mol. The Labute approximate surface area is 202 Å². The van der Waals surface area contributed by atoms with Crippen LogP contribution < -0.4 is 0 Å². The van der Waals surface area contributed by atoms with Gasteiger partial charge >= 0.3 is 5.97 Å². The number of carbonyl (C=O) groups is 2. The summed E-state index contributed by atoms with van der Waals surface area (Å²) in [6.07, 6.45) is 0. The lowest BCUT2D eigenvalue weighted by molar-refractivity contribution is -0.0853. The molecule has 0 aliphatic carbocycles. The van der Waals surface area contributed by atoms with Crippen molar-refractivity contribution in [3.63, 3.8) is 0 Å². The summed E-state index contributed by atoms with van der Waals surface area (Å²) in [7, 11) is 0. The first-order valence-electron chi connectivity index (χ1n) is 11.3. The quantitative estimate of drug-likeness (QED) is 0.169. The van der Waals surface area contributed by atoms with Gasteiger partial charge in [0.25, 0.3) is 5.91 Å². The van der Waals surface area contributed by atoms with E-state index >= 15 is 0 Å². The van der Waals surface area contributed by atoms with Gasteiger partial charge in [0, 0.05) is 5.56 Å². The second-order valence-electron chi connectivity index (χ2n) is 8.49. The van der Waals surface area contributed by atoms with Gasteiger partial charge in [-0.1, -0.05) is 84.9 Å². The first-order valence-corrected chi connectivity index (χ1v) is 11.3. The number of carbonyl (C=O) groups excluding carboxylic acids is 1. The minimum Gasteiger partial charge on any atom is -0.478 e. The molecule has 1 atom stereocenters. The van der Waals surface area contributed by atoms with Crippen LogP contribution in [0.2, 0.25) is 0 Å². The van der Waals surface area contributed by atoms with Crippen molar-refractivity contribution in [1.29, 1.82) is 0 Å². The second kappa shape index (κ2) is 9.05. The van der Waals surface area contributed by atoms with E-state index in [0.717, 1.165) is 27.1 Å². The number of aromatic carboxylic acids is 1. The van der Waals surface area contributed by atoms with Crippen LogP contribution in [0.5, 0.6) is 0 Å². The zero-order valence-corrected chi connectivity index (χ0v) is 19.1. The summed E-state index contributed by atoms with van der Waals surface area (Å²) >= 11 is 0. The molecule has 0 bridgehead atoms. The van der Waals surface area contributed by atoms with E-state index in [1.54, 1.807) is 49.4 Å². The number of rotatable bonds is 5. The van der Waals surface area contributed by atoms with Gasteiger partial charge in [-0.05, 0) is 63.4 Å². The van der Waals surface area contributed by atoms with Gasteiger partial charge in [0.2, 0.25) is 0 Å². The number of fused-ring (bicyclic) bond motifs is 3. The molecule has 0 aliphatic heterocycles. The van der Waals surface area contributed by atoms with Crippen molar-refractivity contribution in [2.75, 3.05) is 0 Å².